The van der Waals surface area contributed by atoms with E-state index in [0.29, 0.717) is 18.6 Å². The minimum atomic E-state index is -4.34. The first-order chi connectivity index (χ1) is 6.95. The first-order valence-corrected chi connectivity index (χ1v) is 5.42. The summed E-state index contributed by atoms with van der Waals surface area (Å²) in [6, 6.07) is 3.87. The first kappa shape index (κ1) is 12.7. The van der Waals surface area contributed by atoms with Crippen LogP contribution in [0.2, 0.25) is 5.02 Å². The number of hydrogen-bond acceptors (Lipinski definition) is 1. The summed E-state index contributed by atoms with van der Waals surface area (Å²) in [5, 5.41) is 0.108. The second-order valence-corrected chi connectivity index (χ2v) is 4.01. The van der Waals surface area contributed by atoms with Gasteiger partial charge in [-0.2, -0.15) is 25.8 Å². The highest BCUT2D eigenvalue weighted by atomic mass is 35.5. The zero-order valence-electron chi connectivity index (χ0n) is 7.81. The lowest BCUT2D eigenvalue weighted by atomic mass is 10.0. The van der Waals surface area contributed by atoms with Gasteiger partial charge in [0, 0.05) is 5.02 Å². The predicted molar refractivity (Wildman–Crippen MR) is 58.6 cm³/mol. The molecule has 15 heavy (non-hydrogen) atoms. The largest absolute Gasteiger partial charge is 0.416 e. The van der Waals surface area contributed by atoms with Gasteiger partial charge in [-0.25, -0.2) is 0 Å². The van der Waals surface area contributed by atoms with Gasteiger partial charge in [-0.15, -0.1) is 0 Å². The molecule has 0 spiro atoms. The molecule has 0 saturated heterocycles. The Morgan fingerprint density at radius 1 is 1.27 bits per heavy atom. The lowest BCUT2D eigenvalue weighted by molar-refractivity contribution is -0.138. The molecule has 0 amide bonds. The average Bonchev–Trinajstić information content (AvgIpc) is 2.14. The minimum Gasteiger partial charge on any atom is -0.179 e. The van der Waals surface area contributed by atoms with E-state index in [0.717, 1.165) is 6.07 Å². The van der Waals surface area contributed by atoms with Gasteiger partial charge in [0.15, 0.2) is 0 Å². The monoisotopic (exact) mass is 254 g/mol. The molecule has 0 aliphatic heterocycles. The first-order valence-electron chi connectivity index (χ1n) is 4.41. The van der Waals surface area contributed by atoms with Gasteiger partial charge >= 0.3 is 6.18 Å². The minimum absolute atomic E-state index is 0.108. The summed E-state index contributed by atoms with van der Waals surface area (Å²) in [6.07, 6.45) is -3.35. The van der Waals surface area contributed by atoms with Crippen molar-refractivity contribution in [2.75, 3.05) is 5.75 Å². The maximum atomic E-state index is 12.6. The lowest BCUT2D eigenvalue weighted by Crippen LogP contribution is -2.09. The molecule has 0 nitrogen and oxygen atoms in total. The number of alkyl halides is 3. The Bertz CT molecular complexity index is 336. The van der Waals surface area contributed by atoms with Crippen LogP contribution in [0.5, 0.6) is 0 Å². The summed E-state index contributed by atoms with van der Waals surface area (Å²) in [5.41, 5.74) is -0.363. The Morgan fingerprint density at radius 2 is 1.93 bits per heavy atom. The molecule has 5 heteroatoms. The smallest absolute Gasteiger partial charge is 0.179 e. The molecule has 0 fully saturated rings. The van der Waals surface area contributed by atoms with Crippen LogP contribution < -0.4 is 0 Å². The molecule has 0 aliphatic rings. The van der Waals surface area contributed by atoms with Crippen LogP contribution in [0.25, 0.3) is 0 Å². The molecular formula is C10H10ClF3S. The van der Waals surface area contributed by atoms with Gasteiger partial charge in [0.05, 0.1) is 5.56 Å². The molecular weight excluding hydrogens is 245 g/mol. The van der Waals surface area contributed by atoms with E-state index in [1.807, 2.05) is 0 Å². The van der Waals surface area contributed by atoms with Crippen molar-refractivity contribution in [3.05, 3.63) is 34.3 Å². The second kappa shape index (κ2) is 5.12. The normalized spacial score (nSPS) is 11.8. The van der Waals surface area contributed by atoms with Crippen LogP contribution in [0.1, 0.15) is 17.5 Å². The van der Waals surface area contributed by atoms with Crippen LogP contribution in [0.3, 0.4) is 0 Å². The highest BCUT2D eigenvalue weighted by molar-refractivity contribution is 7.80. The summed E-state index contributed by atoms with van der Waals surface area (Å²) in [7, 11) is 0. The summed E-state index contributed by atoms with van der Waals surface area (Å²) in [6.45, 7) is 0. The topological polar surface area (TPSA) is 0 Å². The van der Waals surface area contributed by atoms with Gasteiger partial charge in [-0.05, 0) is 36.3 Å². The van der Waals surface area contributed by atoms with E-state index in [9.17, 15) is 13.2 Å². The zero-order valence-corrected chi connectivity index (χ0v) is 9.46. The van der Waals surface area contributed by atoms with Gasteiger partial charge in [0.25, 0.3) is 0 Å². The summed E-state index contributed by atoms with van der Waals surface area (Å²) in [4.78, 5) is 0. The van der Waals surface area contributed by atoms with Crippen LogP contribution in [-0.2, 0) is 12.6 Å². The fourth-order valence-electron chi connectivity index (χ4n) is 1.30. The zero-order chi connectivity index (χ0) is 11.5. The van der Waals surface area contributed by atoms with E-state index >= 15 is 0 Å². The molecule has 0 bridgehead atoms. The predicted octanol–water partition coefficient (Wildman–Crippen LogP) is 4.22. The van der Waals surface area contributed by atoms with Crippen molar-refractivity contribution in [1.29, 1.82) is 0 Å². The number of thiol groups is 1. The SMILES string of the molecule is FC(F)(F)c1cc(Cl)ccc1CCCS. The van der Waals surface area contributed by atoms with E-state index in [4.69, 9.17) is 11.6 Å². The summed E-state index contributed by atoms with van der Waals surface area (Å²) in [5.74, 6) is 0.569. The number of halogens is 4. The number of aryl methyl sites for hydroxylation is 1. The standard InChI is InChI=1S/C10H10ClF3S/c11-8-4-3-7(2-1-5-15)9(6-8)10(12,13)14/h3-4,6,15H,1-2,5H2. The molecule has 0 atom stereocenters. The third-order valence-electron chi connectivity index (χ3n) is 1.98. The highest BCUT2D eigenvalue weighted by Gasteiger charge is 2.33. The highest BCUT2D eigenvalue weighted by Crippen LogP contribution is 2.34. The molecule has 0 unspecified atom stereocenters. The fraction of sp³-hybridized carbons (Fsp3) is 0.400. The Balaban J connectivity index is 3.04. The van der Waals surface area contributed by atoms with Gasteiger partial charge in [-0.3, -0.25) is 0 Å². The van der Waals surface area contributed by atoms with Gasteiger partial charge in [0.2, 0.25) is 0 Å². The Hall–Kier alpha value is -0.350. The van der Waals surface area contributed by atoms with Crippen LogP contribution in [0, 0.1) is 0 Å². The molecule has 1 aromatic rings. The van der Waals surface area contributed by atoms with E-state index in [-0.39, 0.29) is 10.6 Å². The van der Waals surface area contributed by atoms with Crippen molar-refractivity contribution in [3.63, 3.8) is 0 Å². The maximum Gasteiger partial charge on any atom is 0.416 e. The average molecular weight is 255 g/mol. The van der Waals surface area contributed by atoms with Crippen molar-refractivity contribution in [1.82, 2.24) is 0 Å². The molecule has 0 aromatic heterocycles. The molecule has 0 aliphatic carbocycles. The van der Waals surface area contributed by atoms with Gasteiger partial charge in [-0.1, -0.05) is 17.7 Å². The van der Waals surface area contributed by atoms with Crippen LogP contribution in [0.15, 0.2) is 18.2 Å². The molecule has 0 saturated carbocycles. The quantitative estimate of drug-likeness (QED) is 0.767. The van der Waals surface area contributed by atoms with Crippen molar-refractivity contribution >= 4 is 24.2 Å². The fourth-order valence-corrected chi connectivity index (χ4v) is 1.63. The number of hydrogen-bond donors (Lipinski definition) is 1. The second-order valence-electron chi connectivity index (χ2n) is 3.13. The van der Waals surface area contributed by atoms with Crippen molar-refractivity contribution < 1.29 is 13.2 Å². The number of rotatable bonds is 3. The number of benzene rings is 1. The van der Waals surface area contributed by atoms with Crippen molar-refractivity contribution in [3.8, 4) is 0 Å². The van der Waals surface area contributed by atoms with E-state index in [1.54, 1.807) is 0 Å². The summed E-state index contributed by atoms with van der Waals surface area (Å²) < 4.78 is 37.7. The molecule has 1 rings (SSSR count). The maximum absolute atomic E-state index is 12.6. The molecule has 0 heterocycles. The molecule has 1 aromatic carbocycles. The Labute approximate surface area is 96.8 Å². The van der Waals surface area contributed by atoms with E-state index < -0.39 is 11.7 Å². The van der Waals surface area contributed by atoms with E-state index in [1.165, 1.54) is 12.1 Å². The van der Waals surface area contributed by atoms with Crippen molar-refractivity contribution in [2.24, 2.45) is 0 Å². The van der Waals surface area contributed by atoms with Crippen molar-refractivity contribution in [2.45, 2.75) is 19.0 Å². The molecule has 84 valence electrons. The van der Waals surface area contributed by atoms with Gasteiger partial charge in [0.1, 0.15) is 0 Å². The Morgan fingerprint density at radius 3 is 2.47 bits per heavy atom. The Kier molecular flexibility index (Phi) is 4.34. The molecule has 0 N–H and O–H groups in total. The van der Waals surface area contributed by atoms with Gasteiger partial charge < -0.3 is 0 Å². The summed E-state index contributed by atoms with van der Waals surface area (Å²) >= 11 is 9.51. The van der Waals surface area contributed by atoms with Crippen LogP contribution in [-0.4, -0.2) is 5.75 Å². The molecule has 0 radical (unpaired) electrons. The van der Waals surface area contributed by atoms with E-state index in [2.05, 4.69) is 12.6 Å². The third kappa shape index (κ3) is 3.61. The van der Waals surface area contributed by atoms with Crippen LogP contribution >= 0.6 is 24.2 Å². The third-order valence-corrected chi connectivity index (χ3v) is 2.53. The lowest BCUT2D eigenvalue weighted by Gasteiger charge is -2.12. The van der Waals surface area contributed by atoms with Crippen LogP contribution in [0.4, 0.5) is 13.2 Å².